The minimum Gasteiger partial charge on any atom is -0.497 e. The first-order valence-corrected chi connectivity index (χ1v) is 11.0. The lowest BCUT2D eigenvalue weighted by Gasteiger charge is -2.40. The van der Waals surface area contributed by atoms with Crippen molar-refractivity contribution in [2.24, 2.45) is 0 Å². The Bertz CT molecular complexity index is 1120. The minimum atomic E-state index is -1.49. The van der Waals surface area contributed by atoms with Crippen LogP contribution in [0.2, 0.25) is 0 Å². The van der Waals surface area contributed by atoms with Crippen molar-refractivity contribution in [1.82, 2.24) is 4.90 Å². The molecule has 2 aliphatic heterocycles. The topological polar surface area (TPSA) is 91.4 Å². The molecule has 0 radical (unpaired) electrons. The highest BCUT2D eigenvalue weighted by atomic mass is 16.5. The second-order valence-corrected chi connectivity index (χ2v) is 8.12. The summed E-state index contributed by atoms with van der Waals surface area (Å²) in [5.74, 6) is -1.55. The van der Waals surface area contributed by atoms with E-state index in [9.17, 15) is 14.4 Å². The molecule has 2 aromatic rings. The highest BCUT2D eigenvalue weighted by molar-refractivity contribution is 6.03. The second kappa shape index (κ2) is 9.21. The molecule has 0 unspecified atom stereocenters. The van der Waals surface area contributed by atoms with Crippen molar-refractivity contribution in [3.63, 3.8) is 0 Å². The van der Waals surface area contributed by atoms with Gasteiger partial charge in [0.25, 0.3) is 0 Å². The highest BCUT2D eigenvalue weighted by Crippen LogP contribution is 2.58. The number of ether oxygens (including phenoxy) is 4. The highest BCUT2D eigenvalue weighted by Gasteiger charge is 2.68. The molecule has 3 atom stereocenters. The molecule has 34 heavy (non-hydrogen) atoms. The van der Waals surface area contributed by atoms with E-state index in [2.05, 4.69) is 0 Å². The van der Waals surface area contributed by atoms with E-state index in [-0.39, 0.29) is 24.5 Å². The summed E-state index contributed by atoms with van der Waals surface area (Å²) in [6, 6.07) is 14.3. The number of fused-ring (bicyclic) bond motifs is 1. The first kappa shape index (κ1) is 23.4. The van der Waals surface area contributed by atoms with Gasteiger partial charge in [0, 0.05) is 18.5 Å². The van der Waals surface area contributed by atoms with Crippen LogP contribution in [-0.2, 0) is 23.9 Å². The standard InChI is InChI=1S/C26H27NO7/c1-5-34-25(30)26-21(16-6-10-18(31-2)11-7-16)14-22(28)27(26)15-20(24(29)33-4)23(26)17-8-12-19(32-3)13-9-17/h6-13,15,21,23H,5,14H2,1-4H3/t21-,23+,26-/m0/s1. The molecule has 1 fully saturated rings. The van der Waals surface area contributed by atoms with Crippen molar-refractivity contribution >= 4 is 17.8 Å². The van der Waals surface area contributed by atoms with Gasteiger partial charge in [0.1, 0.15) is 11.5 Å². The van der Waals surface area contributed by atoms with E-state index in [4.69, 9.17) is 18.9 Å². The zero-order chi connectivity index (χ0) is 24.5. The smallest absolute Gasteiger partial charge is 0.335 e. The zero-order valence-corrected chi connectivity index (χ0v) is 19.6. The van der Waals surface area contributed by atoms with Crippen molar-refractivity contribution in [3.8, 4) is 11.5 Å². The fourth-order valence-corrected chi connectivity index (χ4v) is 5.10. The van der Waals surface area contributed by atoms with Gasteiger partial charge in [-0.3, -0.25) is 9.69 Å². The monoisotopic (exact) mass is 465 g/mol. The van der Waals surface area contributed by atoms with E-state index < -0.39 is 29.3 Å². The molecular formula is C26H27NO7. The molecule has 8 heteroatoms. The molecule has 178 valence electrons. The summed E-state index contributed by atoms with van der Waals surface area (Å²) < 4.78 is 21.2. The maximum atomic E-state index is 13.8. The van der Waals surface area contributed by atoms with E-state index in [0.717, 1.165) is 5.56 Å². The first-order valence-electron chi connectivity index (χ1n) is 11.0. The Balaban J connectivity index is 1.96. The van der Waals surface area contributed by atoms with E-state index in [1.165, 1.54) is 18.2 Å². The van der Waals surface area contributed by atoms with Gasteiger partial charge in [-0.15, -0.1) is 0 Å². The second-order valence-electron chi connectivity index (χ2n) is 8.12. The van der Waals surface area contributed by atoms with Crippen LogP contribution < -0.4 is 9.47 Å². The number of nitrogens with zero attached hydrogens (tertiary/aromatic N) is 1. The average Bonchev–Trinajstić information content (AvgIpc) is 3.37. The zero-order valence-electron chi connectivity index (χ0n) is 19.6. The molecule has 0 N–H and O–H groups in total. The van der Waals surface area contributed by atoms with Gasteiger partial charge in [-0.25, -0.2) is 9.59 Å². The molecule has 8 nitrogen and oxygen atoms in total. The molecule has 0 spiro atoms. The predicted molar refractivity (Wildman–Crippen MR) is 122 cm³/mol. The number of hydrogen-bond donors (Lipinski definition) is 0. The third-order valence-corrected chi connectivity index (χ3v) is 6.59. The van der Waals surface area contributed by atoms with Gasteiger partial charge in [0.15, 0.2) is 5.54 Å². The van der Waals surface area contributed by atoms with Crippen molar-refractivity contribution in [3.05, 3.63) is 71.4 Å². The summed E-state index contributed by atoms with van der Waals surface area (Å²) in [6.45, 7) is 1.84. The number of esters is 2. The van der Waals surface area contributed by atoms with Crippen molar-refractivity contribution in [2.45, 2.75) is 30.7 Å². The van der Waals surface area contributed by atoms with Crippen LogP contribution >= 0.6 is 0 Å². The molecule has 0 aliphatic carbocycles. The molecule has 1 amide bonds. The Morgan fingerprint density at radius 1 is 0.941 bits per heavy atom. The van der Waals surface area contributed by atoms with Gasteiger partial charge < -0.3 is 18.9 Å². The molecule has 1 saturated heterocycles. The van der Waals surface area contributed by atoms with Crippen LogP contribution in [0.15, 0.2) is 60.3 Å². The van der Waals surface area contributed by atoms with Crippen molar-refractivity contribution < 1.29 is 33.3 Å². The van der Waals surface area contributed by atoms with Crippen LogP contribution in [0.25, 0.3) is 0 Å². The third kappa shape index (κ3) is 3.50. The van der Waals surface area contributed by atoms with Gasteiger partial charge in [-0.1, -0.05) is 24.3 Å². The number of carbonyl (C=O) groups is 3. The van der Waals surface area contributed by atoms with Crippen molar-refractivity contribution in [1.29, 1.82) is 0 Å². The van der Waals surface area contributed by atoms with Crippen LogP contribution in [0.5, 0.6) is 11.5 Å². The van der Waals surface area contributed by atoms with Crippen LogP contribution in [0, 0.1) is 0 Å². The lowest BCUT2D eigenvalue weighted by molar-refractivity contribution is -0.158. The number of benzene rings is 2. The number of hydrogen-bond acceptors (Lipinski definition) is 7. The van der Waals surface area contributed by atoms with Crippen LogP contribution in [0.3, 0.4) is 0 Å². The van der Waals surface area contributed by atoms with Gasteiger partial charge in [-0.05, 0) is 42.3 Å². The molecular weight excluding hydrogens is 438 g/mol. The van der Waals surface area contributed by atoms with E-state index in [0.29, 0.717) is 17.1 Å². The molecule has 2 heterocycles. The fraction of sp³-hybridized carbons (Fsp3) is 0.346. The summed E-state index contributed by atoms with van der Waals surface area (Å²) in [6.07, 6.45) is 1.53. The predicted octanol–water partition coefficient (Wildman–Crippen LogP) is 3.18. The molecule has 0 aromatic heterocycles. The first-order chi connectivity index (χ1) is 16.4. The number of carbonyl (C=O) groups excluding carboxylic acids is 3. The van der Waals surface area contributed by atoms with Crippen molar-refractivity contribution in [2.75, 3.05) is 27.9 Å². The number of amides is 1. The van der Waals surface area contributed by atoms with E-state index in [1.807, 2.05) is 12.1 Å². The Labute approximate surface area is 198 Å². The average molecular weight is 466 g/mol. The summed E-state index contributed by atoms with van der Waals surface area (Å²) in [5.41, 5.74) is 0.163. The number of rotatable bonds is 7. The molecule has 2 aromatic carbocycles. The van der Waals surface area contributed by atoms with Crippen LogP contribution in [-0.4, -0.2) is 56.2 Å². The third-order valence-electron chi connectivity index (χ3n) is 6.59. The minimum absolute atomic E-state index is 0.0861. The lowest BCUT2D eigenvalue weighted by atomic mass is 9.68. The largest absolute Gasteiger partial charge is 0.497 e. The Hall–Kier alpha value is -3.81. The quantitative estimate of drug-likeness (QED) is 0.580. The molecule has 2 aliphatic rings. The fourth-order valence-electron chi connectivity index (χ4n) is 5.10. The summed E-state index contributed by atoms with van der Waals surface area (Å²) in [7, 11) is 4.40. The maximum absolute atomic E-state index is 13.8. The number of methoxy groups -OCH3 is 3. The van der Waals surface area contributed by atoms with E-state index >= 15 is 0 Å². The normalized spacial score (nSPS) is 23.2. The van der Waals surface area contributed by atoms with Gasteiger partial charge >= 0.3 is 11.9 Å². The summed E-state index contributed by atoms with van der Waals surface area (Å²) in [4.78, 5) is 41.4. The van der Waals surface area contributed by atoms with Gasteiger partial charge in [0.05, 0.1) is 39.4 Å². The Kier molecular flexibility index (Phi) is 6.32. The molecule has 0 bridgehead atoms. The SMILES string of the molecule is CCOC(=O)[C@@]12[C@H](c3ccc(OC)cc3)CC(=O)N1C=C(C(=O)OC)[C@H]2c1ccc(OC)cc1. The maximum Gasteiger partial charge on any atom is 0.335 e. The lowest BCUT2D eigenvalue weighted by Crippen LogP contribution is -2.55. The summed E-state index contributed by atoms with van der Waals surface area (Å²) >= 11 is 0. The Morgan fingerprint density at radius 3 is 2.00 bits per heavy atom. The van der Waals surface area contributed by atoms with Crippen LogP contribution in [0.1, 0.15) is 36.3 Å². The van der Waals surface area contributed by atoms with Crippen LogP contribution in [0.4, 0.5) is 0 Å². The molecule has 0 saturated carbocycles. The molecule has 4 rings (SSSR count). The summed E-state index contributed by atoms with van der Waals surface area (Å²) in [5, 5.41) is 0. The van der Waals surface area contributed by atoms with E-state index in [1.54, 1.807) is 57.5 Å². The van der Waals surface area contributed by atoms with Gasteiger partial charge in [0.2, 0.25) is 5.91 Å². The van der Waals surface area contributed by atoms with Gasteiger partial charge in [-0.2, -0.15) is 0 Å². The Morgan fingerprint density at radius 2 is 1.50 bits per heavy atom.